The average molecular weight is 721 g/mol. The molecule has 2 saturated carbocycles. The van der Waals surface area contributed by atoms with Crippen molar-refractivity contribution in [3.63, 3.8) is 0 Å². The minimum atomic E-state index is -0.333. The van der Waals surface area contributed by atoms with E-state index in [2.05, 4.69) is 69.9 Å². The second-order valence-corrected chi connectivity index (χ2v) is 12.3. The van der Waals surface area contributed by atoms with Crippen molar-refractivity contribution in [2.24, 2.45) is 22.7 Å². The largest absolute Gasteiger partial charge is 0.392 e. The maximum atomic E-state index is 11.4. The number of aromatic nitrogens is 1. The third-order valence-corrected chi connectivity index (χ3v) is 10.8. The Bertz CT molecular complexity index is 1160. The molecule has 2 aromatic carbocycles. The number of aliphatic hydroxyl groups excluding tert-OH is 2. The van der Waals surface area contributed by atoms with E-state index in [0.717, 1.165) is 49.8 Å². The standard InChI is InChI=1S/C20H38O2.C16H12N.Ir/c1-5-19(6-2)13-9-11-15-12-10-14-20(7-3,8-4)18(22)16(15)17(19)21;1-12-6-5-9-14-11-17-16(10-15(12)14)13-7-3-2-4-8-13;/h15-18,21-22H,5-14H2,1-4H3;2-7,9-11H,1H3;/q;-1;. The number of hydrogen-bond acceptors (Lipinski definition) is 3. The Morgan fingerprint density at radius 1 is 0.850 bits per heavy atom. The van der Waals surface area contributed by atoms with Gasteiger partial charge >= 0.3 is 0 Å². The fourth-order valence-corrected chi connectivity index (χ4v) is 7.83. The molecule has 221 valence electrons. The van der Waals surface area contributed by atoms with Crippen molar-refractivity contribution < 1.29 is 30.3 Å². The average Bonchev–Trinajstić information content (AvgIpc) is 3.21. The van der Waals surface area contributed by atoms with E-state index in [1.54, 1.807) is 0 Å². The summed E-state index contributed by atoms with van der Waals surface area (Å²) in [5.74, 6) is 0.606. The van der Waals surface area contributed by atoms with E-state index in [4.69, 9.17) is 0 Å². The Kier molecular flexibility index (Phi) is 12.0. The van der Waals surface area contributed by atoms with Gasteiger partial charge in [0.25, 0.3) is 0 Å². The molecule has 2 N–H and O–H groups in total. The number of rotatable bonds is 5. The summed E-state index contributed by atoms with van der Waals surface area (Å²) in [5, 5.41) is 25.2. The molecular formula is C36H50IrNO2-. The molecule has 0 amide bonds. The fraction of sp³-hybridized carbons (Fsp3) is 0.583. The van der Waals surface area contributed by atoms with Crippen LogP contribution < -0.4 is 0 Å². The Balaban J connectivity index is 0.000000221. The van der Waals surface area contributed by atoms with Crippen molar-refractivity contribution in [1.29, 1.82) is 0 Å². The minimum absolute atomic E-state index is 0. The smallest absolute Gasteiger partial charge is 0.0651 e. The van der Waals surface area contributed by atoms with E-state index in [-0.39, 0.29) is 49.1 Å². The third kappa shape index (κ3) is 6.57. The van der Waals surface area contributed by atoms with E-state index in [1.165, 1.54) is 42.0 Å². The summed E-state index contributed by atoms with van der Waals surface area (Å²) in [4.78, 5) is 4.49. The number of hydrogen-bond donors (Lipinski definition) is 2. The van der Waals surface area contributed by atoms with E-state index in [9.17, 15) is 10.2 Å². The molecule has 1 aromatic heterocycles. The number of fused-ring (bicyclic) bond motifs is 2. The molecule has 1 heterocycles. The molecule has 5 rings (SSSR count). The van der Waals surface area contributed by atoms with Crippen molar-refractivity contribution in [2.45, 2.75) is 111 Å². The number of benzene rings is 2. The molecule has 0 bridgehead atoms. The molecule has 0 spiro atoms. The fourth-order valence-electron chi connectivity index (χ4n) is 7.83. The molecule has 1 radical (unpaired) electrons. The van der Waals surface area contributed by atoms with Crippen molar-refractivity contribution in [2.75, 3.05) is 0 Å². The minimum Gasteiger partial charge on any atom is -0.392 e. The van der Waals surface area contributed by atoms with E-state index >= 15 is 0 Å². The summed E-state index contributed by atoms with van der Waals surface area (Å²) in [6.45, 7) is 11.0. The maximum absolute atomic E-state index is 11.4. The first kappa shape index (κ1) is 32.9. The van der Waals surface area contributed by atoms with E-state index in [1.807, 2.05) is 30.5 Å². The summed E-state index contributed by atoms with van der Waals surface area (Å²) >= 11 is 0. The number of nitrogens with zero attached hydrogens (tertiary/aromatic N) is 1. The second kappa shape index (κ2) is 14.5. The van der Waals surface area contributed by atoms with Crippen LogP contribution in [0.5, 0.6) is 0 Å². The second-order valence-electron chi connectivity index (χ2n) is 12.3. The molecule has 3 nitrogen and oxygen atoms in total. The van der Waals surface area contributed by atoms with Gasteiger partial charge in [-0.25, -0.2) is 0 Å². The molecule has 2 unspecified atom stereocenters. The van der Waals surface area contributed by atoms with Crippen LogP contribution in [0.2, 0.25) is 0 Å². The van der Waals surface area contributed by atoms with Gasteiger partial charge < -0.3 is 15.2 Å². The maximum Gasteiger partial charge on any atom is 0.0651 e. The van der Waals surface area contributed by atoms with Gasteiger partial charge in [-0.2, -0.15) is 0 Å². The Morgan fingerprint density at radius 2 is 1.45 bits per heavy atom. The van der Waals surface area contributed by atoms with Crippen LogP contribution in [0.3, 0.4) is 0 Å². The summed E-state index contributed by atoms with van der Waals surface area (Å²) in [6, 6.07) is 19.5. The van der Waals surface area contributed by atoms with Crippen LogP contribution in [0.1, 0.15) is 97.5 Å². The molecule has 40 heavy (non-hydrogen) atoms. The monoisotopic (exact) mass is 721 g/mol. The van der Waals surface area contributed by atoms with Gasteiger partial charge in [0, 0.05) is 32.2 Å². The topological polar surface area (TPSA) is 53.4 Å². The molecule has 2 fully saturated rings. The summed E-state index contributed by atoms with van der Waals surface area (Å²) in [6.07, 6.45) is 12.5. The van der Waals surface area contributed by atoms with Crippen LogP contribution in [0.4, 0.5) is 0 Å². The molecule has 2 atom stereocenters. The van der Waals surface area contributed by atoms with Gasteiger partial charge in [-0.1, -0.05) is 64.8 Å². The first-order chi connectivity index (χ1) is 18.8. The van der Waals surface area contributed by atoms with Crippen molar-refractivity contribution in [3.05, 3.63) is 66.4 Å². The predicted octanol–water partition coefficient (Wildman–Crippen LogP) is 8.93. The van der Waals surface area contributed by atoms with Crippen LogP contribution in [0, 0.1) is 35.7 Å². The molecule has 3 aromatic rings. The molecule has 2 aliphatic rings. The Morgan fingerprint density at radius 3 is 1.98 bits per heavy atom. The summed E-state index contributed by atoms with van der Waals surface area (Å²) in [5.41, 5.74) is 3.35. The first-order valence-electron chi connectivity index (χ1n) is 15.5. The summed E-state index contributed by atoms with van der Waals surface area (Å²) in [7, 11) is 0. The van der Waals surface area contributed by atoms with Gasteiger partial charge in [0.2, 0.25) is 0 Å². The molecular weight excluding hydrogens is 671 g/mol. The van der Waals surface area contributed by atoms with Crippen LogP contribution in [0.25, 0.3) is 22.0 Å². The van der Waals surface area contributed by atoms with Crippen molar-refractivity contribution >= 4 is 10.8 Å². The van der Waals surface area contributed by atoms with Gasteiger partial charge in [0.15, 0.2) is 0 Å². The normalized spacial score (nSPS) is 25.4. The van der Waals surface area contributed by atoms with Crippen molar-refractivity contribution in [1.82, 2.24) is 4.98 Å². The first-order valence-corrected chi connectivity index (χ1v) is 15.5. The van der Waals surface area contributed by atoms with Gasteiger partial charge in [0.1, 0.15) is 0 Å². The molecule has 4 heteroatoms. The zero-order chi connectivity index (χ0) is 28.0. The number of pyridine rings is 1. The van der Waals surface area contributed by atoms with Crippen LogP contribution >= 0.6 is 0 Å². The summed E-state index contributed by atoms with van der Waals surface area (Å²) < 4.78 is 0. The van der Waals surface area contributed by atoms with Crippen LogP contribution in [0.15, 0.2) is 54.7 Å². The van der Waals surface area contributed by atoms with E-state index in [0.29, 0.717) is 5.92 Å². The molecule has 0 saturated heterocycles. The zero-order valence-electron chi connectivity index (χ0n) is 25.3. The molecule has 0 aliphatic heterocycles. The quantitative estimate of drug-likeness (QED) is 0.259. The van der Waals surface area contributed by atoms with E-state index < -0.39 is 0 Å². The number of aryl methyl sites for hydroxylation is 1. The van der Waals surface area contributed by atoms with Gasteiger partial charge in [-0.05, 0) is 97.1 Å². The zero-order valence-corrected chi connectivity index (χ0v) is 27.6. The molecule has 2 aliphatic carbocycles. The van der Waals surface area contributed by atoms with Gasteiger partial charge in [-0.3, -0.25) is 0 Å². The predicted molar refractivity (Wildman–Crippen MR) is 163 cm³/mol. The van der Waals surface area contributed by atoms with Crippen LogP contribution in [-0.4, -0.2) is 27.4 Å². The van der Waals surface area contributed by atoms with Gasteiger partial charge in [0.05, 0.1) is 12.2 Å². The van der Waals surface area contributed by atoms with Crippen molar-refractivity contribution in [3.8, 4) is 11.3 Å². The Labute approximate surface area is 256 Å². The number of aliphatic hydroxyl groups is 2. The SMILES string of the molecule is CCC1(CC)CCCC2CCCC(CC)(CC)C(O)C2C1O.Cc1cccc2cnc(-c3[c-]cccc3)cc12.[Ir]. The van der Waals surface area contributed by atoms with Crippen LogP contribution in [-0.2, 0) is 20.1 Å². The third-order valence-electron chi connectivity index (χ3n) is 10.8. The van der Waals surface area contributed by atoms with Gasteiger partial charge in [-0.15, -0.1) is 35.9 Å². The Hall–Kier alpha value is -1.58.